The fraction of sp³-hybridized carbons (Fsp3) is 0.125. The lowest BCUT2D eigenvalue weighted by atomic mass is 10.3. The molecule has 1 aromatic heterocycles. The van der Waals surface area contributed by atoms with Gasteiger partial charge in [0.2, 0.25) is 0 Å². The van der Waals surface area contributed by atoms with E-state index >= 15 is 0 Å². The van der Waals surface area contributed by atoms with Crippen LogP contribution in [0.15, 0.2) is 23.0 Å². The number of fused-ring (bicyclic) bond motifs is 1. The Morgan fingerprint density at radius 3 is 2.92 bits per heavy atom. The maximum Gasteiger partial charge on any atom is 0.307 e. The summed E-state index contributed by atoms with van der Waals surface area (Å²) in [6.45, 7) is 0. The van der Waals surface area contributed by atoms with E-state index in [0.717, 1.165) is 16.0 Å². The van der Waals surface area contributed by atoms with Crippen molar-refractivity contribution in [2.45, 2.75) is 0 Å². The Hall–Kier alpha value is -1.29. The molecule has 12 heavy (non-hydrogen) atoms. The van der Waals surface area contributed by atoms with Crippen molar-refractivity contribution in [1.29, 1.82) is 0 Å². The minimum atomic E-state index is -0.0495. The van der Waals surface area contributed by atoms with E-state index in [1.54, 1.807) is 19.2 Å². The minimum absolute atomic E-state index is 0.0495. The maximum absolute atomic E-state index is 11.2. The molecule has 0 aliphatic carbocycles. The summed E-state index contributed by atoms with van der Waals surface area (Å²) in [6, 6.07) is 5.13. The van der Waals surface area contributed by atoms with Crippen LogP contribution in [0.3, 0.4) is 0 Å². The third-order valence-corrected chi connectivity index (χ3v) is 2.78. The molecule has 3 nitrogen and oxygen atoms in total. The number of rotatable bonds is 0. The molecule has 1 aromatic carbocycles. The number of hydrogen-bond donors (Lipinski definition) is 1. The first kappa shape index (κ1) is 7.36. The van der Waals surface area contributed by atoms with E-state index in [1.807, 2.05) is 6.07 Å². The van der Waals surface area contributed by atoms with Gasteiger partial charge in [-0.05, 0) is 12.1 Å². The van der Waals surface area contributed by atoms with Crippen molar-refractivity contribution in [1.82, 2.24) is 4.57 Å². The predicted molar refractivity (Wildman–Crippen MR) is 48.7 cm³/mol. The van der Waals surface area contributed by atoms with E-state index in [1.165, 1.54) is 4.57 Å². The van der Waals surface area contributed by atoms with Crippen molar-refractivity contribution in [3.05, 3.63) is 27.9 Å². The van der Waals surface area contributed by atoms with Crippen molar-refractivity contribution in [3.63, 3.8) is 0 Å². The zero-order valence-corrected chi connectivity index (χ0v) is 7.26. The zero-order chi connectivity index (χ0) is 8.72. The van der Waals surface area contributed by atoms with Gasteiger partial charge in [0.05, 0.1) is 4.70 Å². The van der Waals surface area contributed by atoms with E-state index in [2.05, 4.69) is 0 Å². The van der Waals surface area contributed by atoms with E-state index < -0.39 is 0 Å². The second kappa shape index (κ2) is 2.35. The van der Waals surface area contributed by atoms with Gasteiger partial charge < -0.3 is 5.11 Å². The van der Waals surface area contributed by atoms with Gasteiger partial charge in [0.25, 0.3) is 0 Å². The summed E-state index contributed by atoms with van der Waals surface area (Å²) in [5.41, 5.74) is 0.618. The number of aromatic nitrogens is 1. The van der Waals surface area contributed by atoms with Gasteiger partial charge in [0, 0.05) is 7.05 Å². The summed E-state index contributed by atoms with van der Waals surface area (Å²) in [5, 5.41) is 9.41. The highest BCUT2D eigenvalue weighted by molar-refractivity contribution is 7.16. The highest BCUT2D eigenvalue weighted by Crippen LogP contribution is 2.24. The van der Waals surface area contributed by atoms with Crippen molar-refractivity contribution in [3.8, 4) is 5.75 Å². The topological polar surface area (TPSA) is 42.2 Å². The quantitative estimate of drug-likeness (QED) is 0.665. The number of nitrogens with zero attached hydrogens (tertiary/aromatic N) is 1. The van der Waals surface area contributed by atoms with Crippen LogP contribution in [-0.2, 0) is 7.05 Å². The average Bonchev–Trinajstić information content (AvgIpc) is 2.29. The van der Waals surface area contributed by atoms with Gasteiger partial charge in [-0.2, -0.15) is 0 Å². The van der Waals surface area contributed by atoms with Gasteiger partial charge in [0.1, 0.15) is 11.3 Å². The monoisotopic (exact) mass is 181 g/mol. The van der Waals surface area contributed by atoms with Crippen molar-refractivity contribution in [2.75, 3.05) is 0 Å². The van der Waals surface area contributed by atoms with Crippen LogP contribution in [0.25, 0.3) is 10.2 Å². The van der Waals surface area contributed by atoms with Crippen LogP contribution < -0.4 is 4.87 Å². The molecule has 0 radical (unpaired) electrons. The van der Waals surface area contributed by atoms with Crippen LogP contribution in [0, 0.1) is 0 Å². The fourth-order valence-electron chi connectivity index (χ4n) is 1.18. The number of hydrogen-bond acceptors (Lipinski definition) is 3. The molecule has 1 N–H and O–H groups in total. The molecular weight excluding hydrogens is 174 g/mol. The Morgan fingerprint density at radius 1 is 1.50 bits per heavy atom. The van der Waals surface area contributed by atoms with Crippen LogP contribution in [0.5, 0.6) is 5.75 Å². The average molecular weight is 181 g/mol. The normalized spacial score (nSPS) is 10.8. The maximum atomic E-state index is 11.2. The molecule has 1 heterocycles. The van der Waals surface area contributed by atoms with E-state index in [-0.39, 0.29) is 10.6 Å². The summed E-state index contributed by atoms with van der Waals surface area (Å²) >= 11 is 1.14. The number of thiazole rings is 1. The number of aromatic hydroxyl groups is 1. The molecular formula is C8H7NO2S. The van der Waals surface area contributed by atoms with Gasteiger partial charge >= 0.3 is 4.87 Å². The van der Waals surface area contributed by atoms with Crippen molar-refractivity contribution < 1.29 is 5.11 Å². The molecule has 4 heteroatoms. The molecule has 0 amide bonds. The second-order valence-electron chi connectivity index (χ2n) is 2.55. The van der Waals surface area contributed by atoms with Gasteiger partial charge in [-0.15, -0.1) is 0 Å². The first-order valence-electron chi connectivity index (χ1n) is 3.47. The molecule has 0 aliphatic heterocycles. The third kappa shape index (κ3) is 0.848. The summed E-state index contributed by atoms with van der Waals surface area (Å²) < 4.78 is 2.28. The van der Waals surface area contributed by atoms with Gasteiger partial charge in [-0.1, -0.05) is 17.4 Å². The number of para-hydroxylation sites is 1. The lowest BCUT2D eigenvalue weighted by molar-refractivity contribution is 0.478. The summed E-state index contributed by atoms with van der Waals surface area (Å²) in [7, 11) is 1.65. The molecule has 62 valence electrons. The van der Waals surface area contributed by atoms with Crippen LogP contribution in [0.2, 0.25) is 0 Å². The molecule has 0 aliphatic rings. The Labute approximate surface area is 72.5 Å². The number of aryl methyl sites for hydroxylation is 1. The summed E-state index contributed by atoms with van der Waals surface area (Å²) in [5.74, 6) is 0.161. The summed E-state index contributed by atoms with van der Waals surface area (Å²) in [4.78, 5) is 11.1. The number of phenols is 1. The Balaban J connectivity index is 3.07. The summed E-state index contributed by atoms with van der Waals surface area (Å²) in [6.07, 6.45) is 0. The Morgan fingerprint density at radius 2 is 2.25 bits per heavy atom. The van der Waals surface area contributed by atoms with E-state index in [4.69, 9.17) is 0 Å². The van der Waals surface area contributed by atoms with Gasteiger partial charge in [-0.3, -0.25) is 9.36 Å². The van der Waals surface area contributed by atoms with E-state index in [0.29, 0.717) is 5.52 Å². The standard InChI is InChI=1S/C8H7NO2S/c1-9-7-5(10)3-2-4-6(7)12-8(9)11/h2-4,10H,1H3. The molecule has 2 aromatic rings. The molecule has 0 saturated heterocycles. The van der Waals surface area contributed by atoms with Crippen molar-refractivity contribution >= 4 is 21.6 Å². The third-order valence-electron chi connectivity index (χ3n) is 1.78. The fourth-order valence-corrected chi connectivity index (χ4v) is 2.09. The highest BCUT2D eigenvalue weighted by Gasteiger charge is 2.06. The van der Waals surface area contributed by atoms with Gasteiger partial charge in [0.15, 0.2) is 0 Å². The zero-order valence-electron chi connectivity index (χ0n) is 6.44. The largest absolute Gasteiger partial charge is 0.506 e. The van der Waals surface area contributed by atoms with E-state index in [9.17, 15) is 9.90 Å². The Kier molecular flexibility index (Phi) is 1.44. The second-order valence-corrected chi connectivity index (χ2v) is 3.54. The van der Waals surface area contributed by atoms with Crippen LogP contribution in [-0.4, -0.2) is 9.67 Å². The SMILES string of the molecule is Cn1c(=O)sc2cccc(O)c21. The molecule has 0 fully saturated rings. The van der Waals surface area contributed by atoms with Crippen LogP contribution in [0.4, 0.5) is 0 Å². The molecule has 0 unspecified atom stereocenters. The molecule has 2 rings (SSSR count). The minimum Gasteiger partial charge on any atom is -0.506 e. The predicted octanol–water partition coefficient (Wildman–Crippen LogP) is 1.31. The van der Waals surface area contributed by atoms with Crippen LogP contribution >= 0.6 is 11.3 Å². The molecule has 0 saturated carbocycles. The molecule has 0 spiro atoms. The lowest BCUT2D eigenvalue weighted by Gasteiger charge is -1.95. The lowest BCUT2D eigenvalue weighted by Crippen LogP contribution is -2.06. The number of benzene rings is 1. The first-order chi connectivity index (χ1) is 5.70. The smallest absolute Gasteiger partial charge is 0.307 e. The molecule has 0 atom stereocenters. The van der Waals surface area contributed by atoms with Gasteiger partial charge in [-0.25, -0.2) is 0 Å². The number of phenolic OH excluding ortho intramolecular Hbond substituents is 1. The first-order valence-corrected chi connectivity index (χ1v) is 4.29. The Bertz CT molecular complexity index is 483. The highest BCUT2D eigenvalue weighted by atomic mass is 32.1. The van der Waals surface area contributed by atoms with Crippen molar-refractivity contribution in [2.24, 2.45) is 7.05 Å². The molecule has 0 bridgehead atoms. The van der Waals surface area contributed by atoms with Crippen LogP contribution in [0.1, 0.15) is 0 Å².